The Morgan fingerprint density at radius 3 is 2.70 bits per heavy atom. The van der Waals surface area contributed by atoms with Crippen LogP contribution in [0.15, 0.2) is 6.07 Å². The van der Waals surface area contributed by atoms with Crippen molar-refractivity contribution in [3.63, 3.8) is 0 Å². The van der Waals surface area contributed by atoms with Gasteiger partial charge in [0.05, 0.1) is 11.4 Å². The van der Waals surface area contributed by atoms with Crippen LogP contribution in [0.5, 0.6) is 0 Å². The summed E-state index contributed by atoms with van der Waals surface area (Å²) in [6, 6.07) is 1.97. The fourth-order valence-electron chi connectivity index (χ4n) is 2.64. The number of aryl methyl sites for hydroxylation is 2. The molecule has 3 N–H and O–H groups in total. The molecule has 0 fully saturated rings. The lowest BCUT2D eigenvalue weighted by atomic mass is 9.90. The quantitative estimate of drug-likeness (QED) is 0.710. The van der Waals surface area contributed by atoms with Gasteiger partial charge in [-0.1, -0.05) is 13.8 Å². The molecule has 0 unspecified atom stereocenters. The average Bonchev–Trinajstić information content (AvgIpc) is 2.94. The molecule has 0 saturated heterocycles. The van der Waals surface area contributed by atoms with Gasteiger partial charge in [-0.15, -0.1) is 11.3 Å². The van der Waals surface area contributed by atoms with Crippen molar-refractivity contribution < 1.29 is 14.7 Å². The Hall–Kier alpha value is -1.40. The Kier molecular flexibility index (Phi) is 6.18. The number of amides is 2. The summed E-state index contributed by atoms with van der Waals surface area (Å²) < 4.78 is 0. The first-order valence-corrected chi connectivity index (χ1v) is 9.00. The second-order valence-corrected chi connectivity index (χ2v) is 8.00. The van der Waals surface area contributed by atoms with Crippen molar-refractivity contribution in [3.05, 3.63) is 21.4 Å². The maximum absolute atomic E-state index is 12.2. The molecule has 2 amide bonds. The second-order valence-electron chi connectivity index (χ2n) is 6.86. The van der Waals surface area contributed by atoms with Gasteiger partial charge in [-0.3, -0.25) is 9.59 Å². The topological polar surface area (TPSA) is 78.4 Å². The normalized spacial score (nSPS) is 14.2. The van der Waals surface area contributed by atoms with Gasteiger partial charge < -0.3 is 15.7 Å². The van der Waals surface area contributed by atoms with E-state index in [1.165, 1.54) is 23.3 Å². The van der Waals surface area contributed by atoms with Gasteiger partial charge in [-0.2, -0.15) is 0 Å². The van der Waals surface area contributed by atoms with E-state index in [0.29, 0.717) is 17.8 Å². The van der Waals surface area contributed by atoms with Crippen LogP contribution in [0.4, 0.5) is 0 Å². The number of carbonyl (C=O) groups is 2. The largest absolute Gasteiger partial charge is 0.396 e. The molecule has 1 aliphatic carbocycles. The highest BCUT2D eigenvalue weighted by atomic mass is 32.1. The summed E-state index contributed by atoms with van der Waals surface area (Å²) >= 11 is 1.55. The molecular weight excluding hydrogens is 312 g/mol. The minimum atomic E-state index is -0.203. The molecule has 6 heteroatoms. The summed E-state index contributed by atoms with van der Waals surface area (Å²) in [5, 5.41) is 14.5. The van der Waals surface area contributed by atoms with Crippen LogP contribution in [0.3, 0.4) is 0 Å². The average molecular weight is 338 g/mol. The summed E-state index contributed by atoms with van der Waals surface area (Å²) in [7, 11) is 0. The van der Waals surface area contributed by atoms with Crippen molar-refractivity contribution in [2.24, 2.45) is 5.41 Å². The fourth-order valence-corrected chi connectivity index (χ4v) is 3.81. The van der Waals surface area contributed by atoms with Gasteiger partial charge in [0.25, 0.3) is 5.91 Å². The van der Waals surface area contributed by atoms with Crippen LogP contribution >= 0.6 is 11.3 Å². The molecule has 0 spiro atoms. The van der Waals surface area contributed by atoms with E-state index in [4.69, 9.17) is 5.11 Å². The lowest BCUT2D eigenvalue weighted by molar-refractivity contribution is -0.120. The zero-order chi connectivity index (χ0) is 16.9. The molecule has 0 radical (unpaired) electrons. The standard InChI is InChI=1S/C17H26N2O3S/c1-17(2,7-8-20)11-19-15(21)10-18-16(22)14-9-12-5-3-4-6-13(12)23-14/h9,20H,3-8,10-11H2,1-2H3,(H,18,22)(H,19,21). The summed E-state index contributed by atoms with van der Waals surface area (Å²) in [5.74, 6) is -0.375. The van der Waals surface area contributed by atoms with Crippen LogP contribution in [0.2, 0.25) is 0 Å². The molecule has 1 aromatic rings. The predicted molar refractivity (Wildman–Crippen MR) is 91.8 cm³/mol. The third-order valence-corrected chi connectivity index (χ3v) is 5.42. The highest BCUT2D eigenvalue weighted by Gasteiger charge is 2.19. The fraction of sp³-hybridized carbons (Fsp3) is 0.647. The van der Waals surface area contributed by atoms with Gasteiger partial charge in [0.15, 0.2) is 0 Å². The van der Waals surface area contributed by atoms with Crippen LogP contribution < -0.4 is 10.6 Å². The van der Waals surface area contributed by atoms with Gasteiger partial charge in [0, 0.05) is 18.0 Å². The van der Waals surface area contributed by atoms with Gasteiger partial charge in [0.1, 0.15) is 0 Å². The number of aliphatic hydroxyl groups is 1. The molecule has 0 aliphatic heterocycles. The van der Waals surface area contributed by atoms with E-state index in [9.17, 15) is 9.59 Å². The summed E-state index contributed by atoms with van der Waals surface area (Å²) in [6.45, 7) is 4.53. The summed E-state index contributed by atoms with van der Waals surface area (Å²) in [5.41, 5.74) is 1.14. The third kappa shape index (κ3) is 5.32. The Morgan fingerprint density at radius 2 is 2.00 bits per heavy atom. The van der Waals surface area contributed by atoms with Crippen molar-refractivity contribution in [1.82, 2.24) is 10.6 Å². The van der Waals surface area contributed by atoms with E-state index in [0.717, 1.165) is 12.8 Å². The molecule has 0 atom stereocenters. The van der Waals surface area contributed by atoms with Crippen molar-refractivity contribution in [1.29, 1.82) is 0 Å². The van der Waals surface area contributed by atoms with Crippen LogP contribution in [-0.4, -0.2) is 36.6 Å². The first kappa shape index (κ1) is 17.9. The number of hydrogen-bond acceptors (Lipinski definition) is 4. The van der Waals surface area contributed by atoms with Crippen molar-refractivity contribution in [2.45, 2.75) is 46.0 Å². The van der Waals surface area contributed by atoms with E-state index >= 15 is 0 Å². The summed E-state index contributed by atoms with van der Waals surface area (Å²) in [4.78, 5) is 26.0. The molecule has 0 saturated carbocycles. The number of nitrogens with one attached hydrogen (secondary N) is 2. The molecule has 5 nitrogen and oxygen atoms in total. The zero-order valence-corrected chi connectivity index (χ0v) is 14.7. The monoisotopic (exact) mass is 338 g/mol. The minimum absolute atomic E-state index is 0.0173. The van der Waals surface area contributed by atoms with Crippen LogP contribution in [0.1, 0.15) is 53.2 Å². The molecule has 1 aliphatic rings. The highest BCUT2D eigenvalue weighted by Crippen LogP contribution is 2.29. The van der Waals surface area contributed by atoms with E-state index in [1.807, 2.05) is 19.9 Å². The SMILES string of the molecule is CC(C)(CCO)CNC(=O)CNC(=O)c1cc2c(s1)CCCC2. The van der Waals surface area contributed by atoms with Gasteiger partial charge >= 0.3 is 0 Å². The second kappa shape index (κ2) is 7.93. The Bertz CT molecular complexity index is 543. The zero-order valence-electron chi connectivity index (χ0n) is 13.9. The maximum atomic E-state index is 12.2. The van der Waals surface area contributed by atoms with Crippen LogP contribution in [0.25, 0.3) is 0 Å². The van der Waals surface area contributed by atoms with Gasteiger partial charge in [0.2, 0.25) is 5.91 Å². The van der Waals surface area contributed by atoms with Crippen molar-refractivity contribution >= 4 is 23.2 Å². The van der Waals surface area contributed by atoms with Crippen LogP contribution in [-0.2, 0) is 17.6 Å². The van der Waals surface area contributed by atoms with Gasteiger partial charge in [-0.05, 0) is 49.1 Å². The highest BCUT2D eigenvalue weighted by molar-refractivity contribution is 7.14. The lowest BCUT2D eigenvalue weighted by Gasteiger charge is -2.23. The van der Waals surface area contributed by atoms with E-state index in [2.05, 4.69) is 10.6 Å². The first-order chi connectivity index (χ1) is 10.9. The summed E-state index contributed by atoms with van der Waals surface area (Å²) in [6.07, 6.45) is 5.13. The predicted octanol–water partition coefficient (Wildman–Crippen LogP) is 1.88. The third-order valence-electron chi connectivity index (χ3n) is 4.18. The van der Waals surface area contributed by atoms with E-state index in [1.54, 1.807) is 11.3 Å². The number of hydrogen-bond donors (Lipinski definition) is 3. The number of thiophene rings is 1. The number of carbonyl (C=O) groups excluding carboxylic acids is 2. The smallest absolute Gasteiger partial charge is 0.261 e. The van der Waals surface area contributed by atoms with Crippen LogP contribution in [0, 0.1) is 5.41 Å². The molecule has 128 valence electrons. The Morgan fingerprint density at radius 1 is 1.26 bits per heavy atom. The molecule has 2 rings (SSSR count). The Labute approximate surface area is 141 Å². The Balaban J connectivity index is 1.77. The lowest BCUT2D eigenvalue weighted by Crippen LogP contribution is -2.41. The molecule has 0 aromatic carbocycles. The van der Waals surface area contributed by atoms with Crippen molar-refractivity contribution in [2.75, 3.05) is 19.7 Å². The van der Waals surface area contributed by atoms with Crippen molar-refractivity contribution in [3.8, 4) is 0 Å². The molecule has 23 heavy (non-hydrogen) atoms. The molecule has 1 heterocycles. The number of fused-ring (bicyclic) bond motifs is 1. The minimum Gasteiger partial charge on any atom is -0.396 e. The molecule has 0 bridgehead atoms. The van der Waals surface area contributed by atoms with E-state index in [-0.39, 0.29) is 30.4 Å². The molecule has 1 aromatic heterocycles. The van der Waals surface area contributed by atoms with Gasteiger partial charge in [-0.25, -0.2) is 0 Å². The maximum Gasteiger partial charge on any atom is 0.261 e. The number of aliphatic hydroxyl groups excluding tert-OH is 1. The van der Waals surface area contributed by atoms with E-state index < -0.39 is 0 Å². The molecular formula is C17H26N2O3S. The first-order valence-electron chi connectivity index (χ1n) is 8.18. The number of rotatable bonds is 7.